The molecule has 4 rings (SSSR count). The van der Waals surface area contributed by atoms with Gasteiger partial charge in [0.05, 0.1) is 11.6 Å². The molecule has 1 N–H and O–H groups in total. The van der Waals surface area contributed by atoms with Crippen molar-refractivity contribution in [2.75, 3.05) is 4.90 Å². The molecule has 1 unspecified atom stereocenters. The number of halogens is 1. The van der Waals surface area contributed by atoms with Crippen LogP contribution in [0.4, 0.5) is 5.82 Å². The highest BCUT2D eigenvalue weighted by Gasteiger charge is 2.45. The van der Waals surface area contributed by atoms with E-state index in [4.69, 9.17) is 0 Å². The van der Waals surface area contributed by atoms with E-state index >= 15 is 0 Å². The molecule has 3 aromatic rings. The molecule has 5 nitrogen and oxygen atoms in total. The van der Waals surface area contributed by atoms with Crippen LogP contribution in [0.15, 0.2) is 94.8 Å². The van der Waals surface area contributed by atoms with Crippen LogP contribution in [0.25, 0.3) is 0 Å². The number of aliphatic hydroxyl groups is 1. The van der Waals surface area contributed by atoms with Gasteiger partial charge < -0.3 is 5.11 Å². The first-order chi connectivity index (χ1) is 13.6. The summed E-state index contributed by atoms with van der Waals surface area (Å²) in [6.07, 6.45) is 1.56. The molecular formula is C22H15BrN2O3. The van der Waals surface area contributed by atoms with Crippen molar-refractivity contribution in [3.05, 3.63) is 106 Å². The maximum Gasteiger partial charge on any atom is 0.295 e. The third-order valence-electron chi connectivity index (χ3n) is 4.57. The zero-order valence-corrected chi connectivity index (χ0v) is 16.2. The lowest BCUT2D eigenvalue weighted by atomic mass is 9.93. The molecular weight excluding hydrogens is 420 g/mol. The Bertz CT molecular complexity index is 1060. The number of anilines is 1. The molecule has 0 aliphatic carbocycles. The van der Waals surface area contributed by atoms with Gasteiger partial charge in [-0.25, -0.2) is 4.98 Å². The second-order valence-electron chi connectivity index (χ2n) is 6.27. The van der Waals surface area contributed by atoms with E-state index in [0.29, 0.717) is 16.9 Å². The third-order valence-corrected chi connectivity index (χ3v) is 5.10. The number of rotatable bonds is 4. The highest BCUT2D eigenvalue weighted by molar-refractivity contribution is 9.10. The molecule has 0 saturated heterocycles. The van der Waals surface area contributed by atoms with Crippen LogP contribution >= 0.6 is 15.9 Å². The van der Waals surface area contributed by atoms with E-state index in [1.54, 1.807) is 54.7 Å². The Morgan fingerprint density at radius 1 is 0.964 bits per heavy atom. The fourth-order valence-electron chi connectivity index (χ4n) is 3.28. The second-order valence-corrected chi connectivity index (χ2v) is 7.19. The van der Waals surface area contributed by atoms with Crippen molar-refractivity contribution in [2.24, 2.45) is 0 Å². The lowest BCUT2D eigenvalue weighted by Crippen LogP contribution is -2.31. The van der Waals surface area contributed by atoms with Gasteiger partial charge in [-0.15, -0.1) is 0 Å². The van der Waals surface area contributed by atoms with E-state index in [1.807, 2.05) is 24.3 Å². The number of aliphatic hydroxyl groups excluding tert-OH is 1. The van der Waals surface area contributed by atoms with Gasteiger partial charge in [0.2, 0.25) is 0 Å². The van der Waals surface area contributed by atoms with Crippen LogP contribution in [0.1, 0.15) is 22.0 Å². The molecule has 138 valence electrons. The van der Waals surface area contributed by atoms with Gasteiger partial charge in [-0.3, -0.25) is 14.5 Å². The third kappa shape index (κ3) is 3.12. The van der Waals surface area contributed by atoms with Crippen LogP contribution in [-0.2, 0) is 4.79 Å². The number of hydrogen-bond donors (Lipinski definition) is 1. The zero-order valence-electron chi connectivity index (χ0n) is 14.6. The van der Waals surface area contributed by atoms with Crippen molar-refractivity contribution in [3.8, 4) is 0 Å². The minimum atomic E-state index is -0.775. The molecule has 1 atom stereocenters. The molecule has 6 heteroatoms. The van der Waals surface area contributed by atoms with Crippen molar-refractivity contribution in [2.45, 2.75) is 6.04 Å². The molecule has 2 aromatic carbocycles. The first kappa shape index (κ1) is 18.1. The summed E-state index contributed by atoms with van der Waals surface area (Å²) in [5.74, 6) is -1.22. The average Bonchev–Trinajstić information content (AvgIpc) is 3.00. The first-order valence-electron chi connectivity index (χ1n) is 8.61. The van der Waals surface area contributed by atoms with Crippen LogP contribution in [0.3, 0.4) is 0 Å². The van der Waals surface area contributed by atoms with E-state index in [2.05, 4.69) is 20.9 Å². The van der Waals surface area contributed by atoms with E-state index < -0.39 is 23.5 Å². The molecule has 0 bridgehead atoms. The maximum absolute atomic E-state index is 13.2. The molecule has 1 aliphatic heterocycles. The monoisotopic (exact) mass is 434 g/mol. The molecule has 1 aromatic heterocycles. The predicted octanol–water partition coefficient (Wildman–Crippen LogP) is 4.63. The number of benzene rings is 2. The zero-order chi connectivity index (χ0) is 19.7. The summed E-state index contributed by atoms with van der Waals surface area (Å²) in [5, 5.41) is 10.6. The molecule has 28 heavy (non-hydrogen) atoms. The highest BCUT2D eigenvalue weighted by atomic mass is 79.9. The van der Waals surface area contributed by atoms with E-state index in [-0.39, 0.29) is 5.57 Å². The van der Waals surface area contributed by atoms with Gasteiger partial charge in [-0.1, -0.05) is 64.5 Å². The standard InChI is InChI=1S/C22H15BrN2O3/c23-16-11-9-14(10-12-16)19-18(20(26)15-6-2-1-3-7-15)21(27)22(28)25(19)17-8-4-5-13-24-17/h1-13,19,27H. The number of carbonyl (C=O) groups excluding carboxylic acids is 2. The Morgan fingerprint density at radius 2 is 1.64 bits per heavy atom. The van der Waals surface area contributed by atoms with Gasteiger partial charge in [-0.2, -0.15) is 0 Å². The van der Waals surface area contributed by atoms with Gasteiger partial charge in [0, 0.05) is 16.2 Å². The van der Waals surface area contributed by atoms with Crippen LogP contribution < -0.4 is 4.90 Å². The lowest BCUT2D eigenvalue weighted by Gasteiger charge is -2.26. The Balaban J connectivity index is 1.88. The highest BCUT2D eigenvalue weighted by Crippen LogP contribution is 2.41. The second kappa shape index (κ2) is 7.40. The van der Waals surface area contributed by atoms with Crippen molar-refractivity contribution < 1.29 is 14.7 Å². The number of carbonyl (C=O) groups is 2. The summed E-state index contributed by atoms with van der Waals surface area (Å²) in [5.41, 5.74) is 1.15. The number of ketones is 1. The summed E-state index contributed by atoms with van der Waals surface area (Å²) < 4.78 is 0.870. The van der Waals surface area contributed by atoms with Crippen molar-refractivity contribution >= 4 is 33.4 Å². The molecule has 0 radical (unpaired) electrons. The molecule has 0 spiro atoms. The average molecular weight is 435 g/mol. The van der Waals surface area contributed by atoms with E-state index in [0.717, 1.165) is 4.47 Å². The van der Waals surface area contributed by atoms with Crippen molar-refractivity contribution in [1.82, 2.24) is 4.98 Å². The smallest absolute Gasteiger partial charge is 0.295 e. The number of pyridine rings is 1. The minimum Gasteiger partial charge on any atom is -0.503 e. The Hall–Kier alpha value is -3.25. The quantitative estimate of drug-likeness (QED) is 0.607. The number of Topliss-reactive ketones (excluding diaryl/α,β-unsaturated/α-hetero) is 1. The largest absolute Gasteiger partial charge is 0.503 e. The number of amides is 1. The van der Waals surface area contributed by atoms with Gasteiger partial charge in [-0.05, 0) is 29.8 Å². The van der Waals surface area contributed by atoms with Crippen LogP contribution in [0.2, 0.25) is 0 Å². The fourth-order valence-corrected chi connectivity index (χ4v) is 3.54. The van der Waals surface area contributed by atoms with E-state index in [1.165, 1.54) is 4.90 Å². The molecule has 2 heterocycles. The van der Waals surface area contributed by atoms with Crippen LogP contribution in [-0.4, -0.2) is 21.8 Å². The Morgan fingerprint density at radius 3 is 2.29 bits per heavy atom. The Kier molecular flexibility index (Phi) is 4.79. The number of hydrogen-bond acceptors (Lipinski definition) is 4. The van der Waals surface area contributed by atoms with Gasteiger partial charge in [0.1, 0.15) is 5.82 Å². The van der Waals surface area contributed by atoms with Gasteiger partial charge in [0.25, 0.3) is 5.91 Å². The number of aromatic nitrogens is 1. The van der Waals surface area contributed by atoms with E-state index in [9.17, 15) is 14.7 Å². The fraction of sp³-hybridized carbons (Fsp3) is 0.0455. The Labute approximate surface area is 170 Å². The van der Waals surface area contributed by atoms with Crippen LogP contribution in [0.5, 0.6) is 0 Å². The summed E-state index contributed by atoms with van der Waals surface area (Å²) in [6.45, 7) is 0. The first-order valence-corrected chi connectivity index (χ1v) is 9.40. The van der Waals surface area contributed by atoms with Crippen molar-refractivity contribution in [3.63, 3.8) is 0 Å². The number of nitrogens with zero attached hydrogens (tertiary/aromatic N) is 2. The molecule has 0 saturated carbocycles. The lowest BCUT2D eigenvalue weighted by molar-refractivity contribution is -0.117. The molecule has 0 fully saturated rings. The molecule has 1 aliphatic rings. The summed E-state index contributed by atoms with van der Waals surface area (Å²) in [6, 6.07) is 20.3. The summed E-state index contributed by atoms with van der Waals surface area (Å²) in [4.78, 5) is 31.7. The topological polar surface area (TPSA) is 70.5 Å². The van der Waals surface area contributed by atoms with Gasteiger partial charge >= 0.3 is 0 Å². The minimum absolute atomic E-state index is 0.0455. The SMILES string of the molecule is O=C(C1=C(O)C(=O)N(c2ccccn2)C1c1ccc(Br)cc1)c1ccccc1. The van der Waals surface area contributed by atoms with Gasteiger partial charge in [0.15, 0.2) is 11.5 Å². The summed E-state index contributed by atoms with van der Waals surface area (Å²) >= 11 is 3.40. The normalized spacial score (nSPS) is 16.5. The summed E-state index contributed by atoms with van der Waals surface area (Å²) in [7, 11) is 0. The maximum atomic E-state index is 13.2. The van der Waals surface area contributed by atoms with Crippen molar-refractivity contribution in [1.29, 1.82) is 0 Å². The van der Waals surface area contributed by atoms with Crippen LogP contribution in [0, 0.1) is 0 Å². The molecule has 1 amide bonds. The predicted molar refractivity (Wildman–Crippen MR) is 109 cm³/mol.